The number of benzene rings is 1. The molecule has 1 heterocycles. The van der Waals surface area contributed by atoms with Crippen molar-refractivity contribution in [2.75, 3.05) is 0 Å². The number of hydrogen-bond donors (Lipinski definition) is 3. The van der Waals surface area contributed by atoms with E-state index in [9.17, 15) is 19.0 Å². The van der Waals surface area contributed by atoms with Gasteiger partial charge in [0.05, 0.1) is 5.94 Å². The molecule has 0 aromatic heterocycles. The van der Waals surface area contributed by atoms with E-state index in [4.69, 9.17) is 9.76 Å². The summed E-state index contributed by atoms with van der Waals surface area (Å²) < 4.78 is 18.6. The molecular weight excluding hydrogens is 268 g/mol. The summed E-state index contributed by atoms with van der Waals surface area (Å²) >= 11 is 0. The highest BCUT2D eigenvalue weighted by Gasteiger charge is 2.38. The molecule has 0 saturated carbocycles. The van der Waals surface area contributed by atoms with Gasteiger partial charge in [0.2, 0.25) is 5.91 Å². The van der Waals surface area contributed by atoms with Crippen LogP contribution in [0.2, 0.25) is 0 Å². The normalized spacial score (nSPS) is 17.1. The Kier molecular flexibility index (Phi) is 3.94. The van der Waals surface area contributed by atoms with Crippen molar-refractivity contribution in [1.29, 1.82) is 0 Å². The Morgan fingerprint density at radius 3 is 2.85 bits per heavy atom. The largest absolute Gasteiger partial charge is 0.547 e. The van der Waals surface area contributed by atoms with Crippen LogP contribution < -0.4 is 9.97 Å². The first-order valence-corrected chi connectivity index (χ1v) is 6.12. The monoisotopic (exact) mass is 281 g/mol. The van der Waals surface area contributed by atoms with Crippen LogP contribution in [0.4, 0.5) is 4.39 Å². The number of fused-ring (bicyclic) bond motifs is 1. The minimum absolute atomic E-state index is 0.169. The zero-order chi connectivity index (χ0) is 14.9. The fourth-order valence-electron chi connectivity index (χ4n) is 2.07. The topological polar surface area (TPSA) is 95.9 Å². The average Bonchev–Trinajstić information content (AvgIpc) is 2.39. The first-order valence-electron chi connectivity index (χ1n) is 6.12. The number of carbonyl (C=O) groups is 2. The van der Waals surface area contributed by atoms with Gasteiger partial charge in [0.15, 0.2) is 0 Å². The Balaban J connectivity index is 2.34. The number of aromatic carboxylic acids is 1. The summed E-state index contributed by atoms with van der Waals surface area (Å²) in [4.78, 5) is 22.4. The summed E-state index contributed by atoms with van der Waals surface area (Å²) in [5.41, 5.74) is -0.183. The highest BCUT2D eigenvalue weighted by molar-refractivity contribution is 6.47. The molecule has 2 rings (SSSR count). The van der Waals surface area contributed by atoms with E-state index in [0.29, 0.717) is 5.56 Å². The highest BCUT2D eigenvalue weighted by Crippen LogP contribution is 2.31. The molecule has 8 heteroatoms. The summed E-state index contributed by atoms with van der Waals surface area (Å²) in [7, 11) is -1.42. The van der Waals surface area contributed by atoms with Crippen LogP contribution in [0.1, 0.15) is 29.3 Å². The van der Waals surface area contributed by atoms with Crippen LogP contribution >= 0.6 is 0 Å². The molecule has 0 aliphatic carbocycles. The molecular formula is C12H13BFNO5. The number of rotatable bonds is 3. The van der Waals surface area contributed by atoms with E-state index >= 15 is 0 Å². The van der Waals surface area contributed by atoms with E-state index in [0.717, 1.165) is 6.07 Å². The number of carboxylic acid groups (broad SMARTS) is 1. The minimum Gasteiger partial charge on any atom is -0.534 e. The van der Waals surface area contributed by atoms with Crippen molar-refractivity contribution in [3.05, 3.63) is 29.1 Å². The Morgan fingerprint density at radius 1 is 1.55 bits per heavy atom. The zero-order valence-corrected chi connectivity index (χ0v) is 10.7. The van der Waals surface area contributed by atoms with Gasteiger partial charge in [0, 0.05) is 6.42 Å². The van der Waals surface area contributed by atoms with Gasteiger partial charge >= 0.3 is 13.1 Å². The fraction of sp³-hybridized carbons (Fsp3) is 0.333. The van der Waals surface area contributed by atoms with Crippen LogP contribution in [0, 0.1) is 5.82 Å². The standard InChI is InChI=1S/C12H13BFNO5/c1-2-9(16)15-8-5-6-3-4-7(14)10(12(17)18)11(6)20-13(8)19/h3-4,8,19H,2,5H2,1H3,(H,15,16)(H,17,18)/t8-/m0/s1. The molecule has 0 bridgehead atoms. The molecule has 1 aromatic rings. The van der Waals surface area contributed by atoms with Crippen LogP contribution in [-0.2, 0) is 11.2 Å². The van der Waals surface area contributed by atoms with Crippen LogP contribution in [0.15, 0.2) is 12.1 Å². The van der Waals surface area contributed by atoms with Gasteiger partial charge in [-0.1, -0.05) is 13.0 Å². The summed E-state index contributed by atoms with van der Waals surface area (Å²) in [5, 5.41) is 21.4. The molecule has 0 spiro atoms. The molecule has 106 valence electrons. The van der Waals surface area contributed by atoms with Gasteiger partial charge in [-0.2, -0.15) is 0 Å². The average molecular weight is 281 g/mol. The third kappa shape index (κ3) is 2.60. The lowest BCUT2D eigenvalue weighted by atomic mass is 9.72. The summed E-state index contributed by atoms with van der Waals surface area (Å²) in [6.45, 7) is 1.66. The van der Waals surface area contributed by atoms with Gasteiger partial charge in [-0.3, -0.25) is 4.79 Å². The quantitative estimate of drug-likeness (QED) is 0.696. The second kappa shape index (κ2) is 5.50. The van der Waals surface area contributed by atoms with E-state index < -0.39 is 30.4 Å². The maximum Gasteiger partial charge on any atom is 0.547 e. The molecule has 6 nitrogen and oxygen atoms in total. The molecule has 1 amide bonds. The van der Waals surface area contributed by atoms with Crippen molar-refractivity contribution in [2.24, 2.45) is 0 Å². The van der Waals surface area contributed by atoms with Crippen molar-refractivity contribution >= 4 is 19.0 Å². The second-order valence-electron chi connectivity index (χ2n) is 4.46. The van der Waals surface area contributed by atoms with E-state index in [1.807, 2.05) is 0 Å². The van der Waals surface area contributed by atoms with Gasteiger partial charge in [0.1, 0.15) is 17.1 Å². The Hall–Kier alpha value is -2.09. The fourth-order valence-corrected chi connectivity index (χ4v) is 2.07. The lowest BCUT2D eigenvalue weighted by Crippen LogP contribution is -2.53. The van der Waals surface area contributed by atoms with E-state index in [2.05, 4.69) is 5.32 Å². The number of halogens is 1. The number of amides is 1. The van der Waals surface area contributed by atoms with E-state index in [-0.39, 0.29) is 24.5 Å². The molecule has 20 heavy (non-hydrogen) atoms. The highest BCUT2D eigenvalue weighted by atomic mass is 19.1. The zero-order valence-electron chi connectivity index (χ0n) is 10.7. The molecule has 1 aliphatic rings. The van der Waals surface area contributed by atoms with E-state index in [1.165, 1.54) is 6.07 Å². The van der Waals surface area contributed by atoms with Gasteiger partial charge in [-0.15, -0.1) is 0 Å². The summed E-state index contributed by atoms with van der Waals surface area (Å²) in [6.07, 6.45) is 0.419. The maximum absolute atomic E-state index is 13.5. The lowest BCUT2D eigenvalue weighted by molar-refractivity contribution is -0.121. The van der Waals surface area contributed by atoms with Crippen molar-refractivity contribution in [3.63, 3.8) is 0 Å². The van der Waals surface area contributed by atoms with Gasteiger partial charge in [-0.25, -0.2) is 9.18 Å². The predicted octanol–water partition coefficient (Wildman–Crippen LogP) is 0.373. The number of carbonyl (C=O) groups excluding carboxylic acids is 1. The van der Waals surface area contributed by atoms with Gasteiger partial charge in [0.25, 0.3) is 0 Å². The molecule has 1 aliphatic heterocycles. The smallest absolute Gasteiger partial charge is 0.534 e. The number of carboxylic acids is 1. The molecule has 1 aromatic carbocycles. The molecule has 0 saturated heterocycles. The predicted molar refractivity (Wildman–Crippen MR) is 67.9 cm³/mol. The minimum atomic E-state index is -1.47. The van der Waals surface area contributed by atoms with Crippen molar-refractivity contribution in [2.45, 2.75) is 25.7 Å². The molecule has 0 radical (unpaired) electrons. The van der Waals surface area contributed by atoms with Crippen molar-refractivity contribution < 1.29 is 28.8 Å². The van der Waals surface area contributed by atoms with Crippen LogP contribution in [-0.4, -0.2) is 35.1 Å². The van der Waals surface area contributed by atoms with Crippen molar-refractivity contribution in [3.8, 4) is 5.75 Å². The SMILES string of the molecule is CCC(=O)N[C@H]1Cc2ccc(F)c(C(=O)O)c2OB1O. The number of hydrogen-bond acceptors (Lipinski definition) is 4. The Labute approximate surface area is 114 Å². The maximum atomic E-state index is 13.5. The number of nitrogens with one attached hydrogen (secondary N) is 1. The third-order valence-electron chi connectivity index (χ3n) is 3.09. The van der Waals surface area contributed by atoms with Crippen LogP contribution in [0.3, 0.4) is 0 Å². The molecule has 0 fully saturated rings. The third-order valence-corrected chi connectivity index (χ3v) is 3.09. The van der Waals surface area contributed by atoms with Gasteiger partial charge in [-0.05, 0) is 18.1 Å². The second-order valence-corrected chi connectivity index (χ2v) is 4.46. The first-order chi connectivity index (χ1) is 9.43. The molecule has 1 atom stereocenters. The van der Waals surface area contributed by atoms with Crippen LogP contribution in [0.25, 0.3) is 0 Å². The van der Waals surface area contributed by atoms with E-state index in [1.54, 1.807) is 6.92 Å². The van der Waals surface area contributed by atoms with Crippen LogP contribution in [0.5, 0.6) is 5.75 Å². The lowest BCUT2D eigenvalue weighted by Gasteiger charge is -2.28. The Morgan fingerprint density at radius 2 is 2.25 bits per heavy atom. The summed E-state index contributed by atoms with van der Waals surface area (Å²) in [5.74, 6) is -3.54. The first kappa shape index (κ1) is 14.3. The molecule has 3 N–H and O–H groups in total. The Bertz CT molecular complexity index is 565. The summed E-state index contributed by atoms with van der Waals surface area (Å²) in [6, 6.07) is 2.41. The molecule has 0 unspecified atom stereocenters. The van der Waals surface area contributed by atoms with Gasteiger partial charge < -0.3 is 20.1 Å². The van der Waals surface area contributed by atoms with Crippen molar-refractivity contribution in [1.82, 2.24) is 5.32 Å².